The van der Waals surface area contributed by atoms with E-state index >= 15 is 0 Å². The van der Waals surface area contributed by atoms with Crippen molar-refractivity contribution in [2.75, 3.05) is 11.9 Å². The zero-order valence-electron chi connectivity index (χ0n) is 12.7. The number of hydrogen-bond donors (Lipinski definition) is 0. The molecule has 1 aliphatic rings. The van der Waals surface area contributed by atoms with E-state index in [9.17, 15) is 9.18 Å². The monoisotopic (exact) mass is 277 g/mol. The molecule has 1 saturated carbocycles. The highest BCUT2D eigenvalue weighted by atomic mass is 19.1. The van der Waals surface area contributed by atoms with E-state index in [1.54, 1.807) is 6.07 Å². The molecule has 1 aromatic rings. The molecule has 1 aliphatic carbocycles. The van der Waals surface area contributed by atoms with E-state index < -0.39 is 5.82 Å². The number of ketones is 1. The maximum absolute atomic E-state index is 13.9. The summed E-state index contributed by atoms with van der Waals surface area (Å²) in [7, 11) is 1.98. The molecule has 0 amide bonds. The number of benzene rings is 1. The van der Waals surface area contributed by atoms with E-state index in [2.05, 4.69) is 11.8 Å². The Morgan fingerprint density at radius 2 is 1.95 bits per heavy atom. The third kappa shape index (κ3) is 3.02. The number of Topliss-reactive ketones (excluding diaryl/α,β-unsaturated/α-hetero) is 1. The van der Waals surface area contributed by atoms with Crippen LogP contribution in [0.5, 0.6) is 0 Å². The second kappa shape index (κ2) is 6.38. The van der Waals surface area contributed by atoms with Gasteiger partial charge in [-0.25, -0.2) is 4.39 Å². The summed E-state index contributed by atoms with van der Waals surface area (Å²) in [6, 6.07) is 5.32. The molecule has 0 radical (unpaired) electrons. The van der Waals surface area contributed by atoms with Gasteiger partial charge in [0.05, 0.1) is 11.3 Å². The fraction of sp³-hybridized carbons (Fsp3) is 0.588. The van der Waals surface area contributed by atoms with Crippen molar-refractivity contribution in [2.24, 2.45) is 5.92 Å². The summed E-state index contributed by atoms with van der Waals surface area (Å²) in [5.41, 5.74) is 0.963. The molecule has 2 nitrogen and oxygen atoms in total. The molecule has 0 bridgehead atoms. The average Bonchev–Trinajstić information content (AvgIpc) is 2.46. The normalized spacial score (nSPS) is 22.6. The maximum Gasteiger partial charge on any atom is 0.164 e. The molecule has 0 unspecified atom stereocenters. The van der Waals surface area contributed by atoms with Crippen molar-refractivity contribution < 1.29 is 9.18 Å². The first kappa shape index (κ1) is 15.0. The smallest absolute Gasteiger partial charge is 0.164 e. The topological polar surface area (TPSA) is 20.3 Å². The number of carbonyl (C=O) groups excluding carboxylic acids is 1. The van der Waals surface area contributed by atoms with Crippen LogP contribution in [0.1, 0.15) is 56.3 Å². The van der Waals surface area contributed by atoms with Crippen LogP contribution in [0.2, 0.25) is 0 Å². The van der Waals surface area contributed by atoms with Gasteiger partial charge in [0, 0.05) is 13.1 Å². The van der Waals surface area contributed by atoms with Crippen LogP contribution in [0.3, 0.4) is 0 Å². The lowest BCUT2D eigenvalue weighted by molar-refractivity contribution is 0.101. The Balaban J connectivity index is 2.20. The lowest BCUT2D eigenvalue weighted by Crippen LogP contribution is -2.36. The molecule has 0 aliphatic heterocycles. The van der Waals surface area contributed by atoms with Crippen molar-refractivity contribution in [3.63, 3.8) is 0 Å². The van der Waals surface area contributed by atoms with Crippen molar-refractivity contribution in [3.8, 4) is 0 Å². The van der Waals surface area contributed by atoms with Gasteiger partial charge in [-0.3, -0.25) is 4.79 Å². The molecule has 3 heteroatoms. The number of anilines is 1. The molecule has 110 valence electrons. The van der Waals surface area contributed by atoms with Gasteiger partial charge in [-0.05, 0) is 50.7 Å². The molecular formula is C17H24FNO. The first-order valence-corrected chi connectivity index (χ1v) is 7.56. The van der Waals surface area contributed by atoms with Crippen LogP contribution in [0.15, 0.2) is 18.2 Å². The van der Waals surface area contributed by atoms with Crippen LogP contribution in [0.4, 0.5) is 10.1 Å². The van der Waals surface area contributed by atoms with Crippen LogP contribution in [0, 0.1) is 11.7 Å². The van der Waals surface area contributed by atoms with Crippen molar-refractivity contribution >= 4 is 11.5 Å². The Kier molecular flexibility index (Phi) is 4.79. The third-order valence-electron chi connectivity index (χ3n) is 4.67. The standard InChI is InChI=1S/C17H24FNO/c1-4-13-8-10-14(11-9-13)19(3)16-7-5-6-15(18)17(16)12(2)20/h5-7,13-14H,4,8-11H2,1-3H3. The third-order valence-corrected chi connectivity index (χ3v) is 4.67. The minimum absolute atomic E-state index is 0.202. The number of halogens is 1. The molecule has 1 fully saturated rings. The molecular weight excluding hydrogens is 253 g/mol. The van der Waals surface area contributed by atoms with Gasteiger partial charge in [0.1, 0.15) is 5.82 Å². The molecule has 1 aromatic carbocycles. The number of rotatable bonds is 4. The van der Waals surface area contributed by atoms with E-state index in [0.717, 1.165) is 24.4 Å². The summed E-state index contributed by atoms with van der Waals surface area (Å²) in [4.78, 5) is 13.8. The minimum atomic E-state index is -0.413. The quantitative estimate of drug-likeness (QED) is 0.759. The predicted octanol–water partition coefficient (Wildman–Crippen LogP) is 4.43. The Morgan fingerprint density at radius 3 is 2.50 bits per heavy atom. The van der Waals surface area contributed by atoms with Gasteiger partial charge >= 0.3 is 0 Å². The van der Waals surface area contributed by atoms with E-state index in [0.29, 0.717) is 6.04 Å². The first-order chi connectivity index (χ1) is 9.54. The highest BCUT2D eigenvalue weighted by molar-refractivity contribution is 6.00. The van der Waals surface area contributed by atoms with E-state index in [1.165, 1.54) is 32.3 Å². The summed E-state index contributed by atoms with van der Waals surface area (Å²) in [5.74, 6) is 0.218. The fourth-order valence-corrected chi connectivity index (χ4v) is 3.29. The van der Waals surface area contributed by atoms with Gasteiger partial charge in [-0.15, -0.1) is 0 Å². The van der Waals surface area contributed by atoms with Crippen molar-refractivity contribution in [1.29, 1.82) is 0 Å². The molecule has 0 spiro atoms. The molecule has 0 N–H and O–H groups in total. The molecule has 20 heavy (non-hydrogen) atoms. The van der Waals surface area contributed by atoms with Crippen LogP contribution in [0.25, 0.3) is 0 Å². The number of hydrogen-bond acceptors (Lipinski definition) is 2. The number of nitrogens with zero attached hydrogens (tertiary/aromatic N) is 1. The summed E-state index contributed by atoms with van der Waals surface area (Å²) >= 11 is 0. The zero-order valence-corrected chi connectivity index (χ0v) is 12.7. The maximum atomic E-state index is 13.9. The summed E-state index contributed by atoms with van der Waals surface area (Å²) < 4.78 is 13.9. The predicted molar refractivity (Wildman–Crippen MR) is 80.8 cm³/mol. The lowest BCUT2D eigenvalue weighted by Gasteiger charge is -2.36. The minimum Gasteiger partial charge on any atom is -0.371 e. The van der Waals surface area contributed by atoms with E-state index in [4.69, 9.17) is 0 Å². The molecule has 0 aromatic heterocycles. The highest BCUT2D eigenvalue weighted by Gasteiger charge is 2.25. The van der Waals surface area contributed by atoms with E-state index in [1.807, 2.05) is 13.1 Å². The van der Waals surface area contributed by atoms with Crippen molar-refractivity contribution in [3.05, 3.63) is 29.6 Å². The van der Waals surface area contributed by atoms with Gasteiger partial charge in [0.15, 0.2) is 5.78 Å². The van der Waals surface area contributed by atoms with Crippen LogP contribution in [-0.2, 0) is 0 Å². The molecule has 0 atom stereocenters. The summed E-state index contributed by atoms with van der Waals surface area (Å²) in [6.45, 7) is 3.68. The van der Waals surface area contributed by atoms with Crippen molar-refractivity contribution in [1.82, 2.24) is 0 Å². The SMILES string of the molecule is CCC1CCC(N(C)c2cccc(F)c2C(C)=O)CC1. The molecule has 0 heterocycles. The number of carbonyl (C=O) groups is 1. The Hall–Kier alpha value is -1.38. The Morgan fingerprint density at radius 1 is 1.30 bits per heavy atom. The summed E-state index contributed by atoms with van der Waals surface area (Å²) in [6.07, 6.45) is 5.97. The van der Waals surface area contributed by atoms with Crippen LogP contribution < -0.4 is 4.90 Å². The van der Waals surface area contributed by atoms with Gasteiger partial charge in [0.25, 0.3) is 0 Å². The Labute approximate surface area is 121 Å². The summed E-state index contributed by atoms with van der Waals surface area (Å²) in [5, 5.41) is 0. The van der Waals surface area contributed by atoms with Crippen LogP contribution >= 0.6 is 0 Å². The Bertz CT molecular complexity index is 478. The van der Waals surface area contributed by atoms with Gasteiger partial charge in [-0.1, -0.05) is 19.4 Å². The second-order valence-corrected chi connectivity index (χ2v) is 5.88. The average molecular weight is 277 g/mol. The van der Waals surface area contributed by atoms with Crippen LogP contribution in [-0.4, -0.2) is 18.9 Å². The van der Waals surface area contributed by atoms with E-state index in [-0.39, 0.29) is 11.3 Å². The lowest BCUT2D eigenvalue weighted by atomic mass is 9.84. The van der Waals surface area contributed by atoms with Crippen molar-refractivity contribution in [2.45, 2.75) is 52.0 Å². The fourth-order valence-electron chi connectivity index (χ4n) is 3.29. The second-order valence-electron chi connectivity index (χ2n) is 5.88. The first-order valence-electron chi connectivity index (χ1n) is 7.56. The largest absolute Gasteiger partial charge is 0.371 e. The zero-order chi connectivity index (χ0) is 14.7. The molecule has 2 rings (SSSR count). The van der Waals surface area contributed by atoms with Gasteiger partial charge in [0.2, 0.25) is 0 Å². The van der Waals surface area contributed by atoms with Gasteiger partial charge in [-0.2, -0.15) is 0 Å². The highest BCUT2D eigenvalue weighted by Crippen LogP contribution is 2.33. The molecule has 0 saturated heterocycles. The van der Waals surface area contributed by atoms with Gasteiger partial charge < -0.3 is 4.90 Å².